The molecule has 0 fully saturated rings. The Balaban J connectivity index is 2.54. The van der Waals surface area contributed by atoms with Gasteiger partial charge in [0.15, 0.2) is 0 Å². The lowest BCUT2D eigenvalue weighted by Gasteiger charge is -2.22. The Hall–Kier alpha value is -1.91. The van der Waals surface area contributed by atoms with Crippen LogP contribution in [-0.4, -0.2) is 40.0 Å². The summed E-state index contributed by atoms with van der Waals surface area (Å²) in [5, 5.41) is 8.82. The molecule has 0 atom stereocenters. The van der Waals surface area contributed by atoms with Crippen molar-refractivity contribution in [2.24, 2.45) is 5.92 Å². The van der Waals surface area contributed by atoms with Crippen LogP contribution < -0.4 is 0 Å². The predicted octanol–water partition coefficient (Wildman–Crippen LogP) is 1.58. The Labute approximate surface area is 113 Å². The molecule has 0 bridgehead atoms. The molecule has 1 N–H and O–H groups in total. The number of nitrogens with zero attached hydrogens (tertiary/aromatic N) is 2. The minimum absolute atomic E-state index is 0.137. The molecule has 0 saturated heterocycles. The van der Waals surface area contributed by atoms with Crippen LogP contribution in [0.4, 0.5) is 0 Å². The number of aromatic nitrogens is 1. The summed E-state index contributed by atoms with van der Waals surface area (Å²) in [6, 6.07) is 5.55. The van der Waals surface area contributed by atoms with Gasteiger partial charge in [-0.25, -0.2) is 0 Å². The molecule has 5 nitrogen and oxygen atoms in total. The van der Waals surface area contributed by atoms with Crippen LogP contribution in [0.2, 0.25) is 0 Å². The summed E-state index contributed by atoms with van der Waals surface area (Å²) in [6.07, 6.45) is 2.51. The van der Waals surface area contributed by atoms with Gasteiger partial charge in [0.2, 0.25) is 5.91 Å². The molecule has 1 aromatic rings. The number of aryl methyl sites for hydroxylation is 1. The Morgan fingerprint density at radius 3 is 2.63 bits per heavy atom. The van der Waals surface area contributed by atoms with Gasteiger partial charge in [-0.2, -0.15) is 0 Å². The van der Waals surface area contributed by atoms with E-state index in [2.05, 4.69) is 4.98 Å². The van der Waals surface area contributed by atoms with E-state index in [0.717, 1.165) is 5.69 Å². The largest absolute Gasteiger partial charge is 0.480 e. The van der Waals surface area contributed by atoms with Crippen molar-refractivity contribution in [1.29, 1.82) is 0 Å². The Morgan fingerprint density at radius 1 is 1.37 bits per heavy atom. The van der Waals surface area contributed by atoms with Crippen LogP contribution in [0.1, 0.15) is 26.0 Å². The molecule has 0 radical (unpaired) electrons. The van der Waals surface area contributed by atoms with Crippen LogP contribution in [-0.2, 0) is 16.0 Å². The van der Waals surface area contributed by atoms with E-state index in [1.807, 2.05) is 32.0 Å². The Kier molecular flexibility index (Phi) is 5.99. The fourth-order valence-corrected chi connectivity index (χ4v) is 1.80. The molecule has 0 spiro atoms. The smallest absolute Gasteiger partial charge is 0.323 e. The van der Waals surface area contributed by atoms with Gasteiger partial charge in [-0.15, -0.1) is 0 Å². The van der Waals surface area contributed by atoms with E-state index in [1.165, 1.54) is 4.90 Å². The van der Waals surface area contributed by atoms with Crippen molar-refractivity contribution < 1.29 is 14.7 Å². The van der Waals surface area contributed by atoms with E-state index in [0.29, 0.717) is 13.0 Å². The lowest BCUT2D eigenvalue weighted by atomic mass is 10.1. The second-order valence-corrected chi connectivity index (χ2v) is 4.88. The number of carbonyl (C=O) groups is 2. The quantitative estimate of drug-likeness (QED) is 0.811. The minimum Gasteiger partial charge on any atom is -0.480 e. The van der Waals surface area contributed by atoms with Crippen LogP contribution in [0, 0.1) is 5.92 Å². The summed E-state index contributed by atoms with van der Waals surface area (Å²) in [6.45, 7) is 4.15. The number of amides is 1. The van der Waals surface area contributed by atoms with E-state index in [-0.39, 0.29) is 24.8 Å². The number of carboxylic acids is 1. The van der Waals surface area contributed by atoms with Crippen LogP contribution in [0.3, 0.4) is 0 Å². The second kappa shape index (κ2) is 7.51. The fourth-order valence-electron chi connectivity index (χ4n) is 1.80. The second-order valence-electron chi connectivity index (χ2n) is 4.88. The summed E-state index contributed by atoms with van der Waals surface area (Å²) < 4.78 is 0. The predicted molar refractivity (Wildman–Crippen MR) is 71.6 cm³/mol. The molecule has 0 aliphatic heterocycles. The van der Waals surface area contributed by atoms with Crippen molar-refractivity contribution in [3.05, 3.63) is 30.1 Å². The van der Waals surface area contributed by atoms with E-state index in [1.54, 1.807) is 6.20 Å². The van der Waals surface area contributed by atoms with Gasteiger partial charge < -0.3 is 10.0 Å². The van der Waals surface area contributed by atoms with Gasteiger partial charge in [0, 0.05) is 24.9 Å². The van der Waals surface area contributed by atoms with Crippen LogP contribution in [0.5, 0.6) is 0 Å². The van der Waals surface area contributed by atoms with E-state index in [9.17, 15) is 9.59 Å². The van der Waals surface area contributed by atoms with E-state index < -0.39 is 5.97 Å². The average molecular weight is 264 g/mol. The highest BCUT2D eigenvalue weighted by molar-refractivity contribution is 5.81. The molecule has 1 heterocycles. The summed E-state index contributed by atoms with van der Waals surface area (Å²) in [5.74, 6) is -0.869. The molecule has 5 heteroatoms. The van der Waals surface area contributed by atoms with Crippen molar-refractivity contribution >= 4 is 11.9 Å². The lowest BCUT2D eigenvalue weighted by molar-refractivity contribution is -0.144. The van der Waals surface area contributed by atoms with Gasteiger partial charge >= 0.3 is 5.97 Å². The number of hydrogen-bond acceptors (Lipinski definition) is 3. The topological polar surface area (TPSA) is 70.5 Å². The van der Waals surface area contributed by atoms with Crippen molar-refractivity contribution in [2.45, 2.75) is 26.7 Å². The van der Waals surface area contributed by atoms with Gasteiger partial charge in [0.05, 0.1) is 0 Å². The molecule has 0 aliphatic carbocycles. The first kappa shape index (κ1) is 15.1. The maximum Gasteiger partial charge on any atom is 0.323 e. The molecule has 19 heavy (non-hydrogen) atoms. The first-order chi connectivity index (χ1) is 8.99. The summed E-state index contributed by atoms with van der Waals surface area (Å²) in [4.78, 5) is 28.3. The number of carbonyl (C=O) groups excluding carboxylic acids is 1. The van der Waals surface area contributed by atoms with Gasteiger partial charge in [-0.3, -0.25) is 14.6 Å². The zero-order valence-corrected chi connectivity index (χ0v) is 11.4. The molecule has 1 aromatic heterocycles. The first-order valence-corrected chi connectivity index (χ1v) is 6.38. The summed E-state index contributed by atoms with van der Waals surface area (Å²) in [5.41, 5.74) is 0.843. The molecule has 0 unspecified atom stereocenters. The van der Waals surface area contributed by atoms with Gasteiger partial charge in [0.1, 0.15) is 6.54 Å². The maximum atomic E-state index is 12.0. The summed E-state index contributed by atoms with van der Waals surface area (Å²) >= 11 is 0. The molecule has 0 aliphatic rings. The standard InChI is InChI=1S/C14H20N2O3/c1-11(2)9-16(10-14(18)19)13(17)7-6-12-5-3-4-8-15-12/h3-5,8,11H,6-7,9-10H2,1-2H3,(H,18,19). The highest BCUT2D eigenvalue weighted by Gasteiger charge is 2.17. The lowest BCUT2D eigenvalue weighted by Crippen LogP contribution is -2.38. The average Bonchev–Trinajstić information content (AvgIpc) is 2.35. The van der Waals surface area contributed by atoms with E-state index >= 15 is 0 Å². The van der Waals surface area contributed by atoms with Crippen LogP contribution in [0.25, 0.3) is 0 Å². The molecular weight excluding hydrogens is 244 g/mol. The minimum atomic E-state index is -0.980. The normalized spacial score (nSPS) is 10.5. The van der Waals surface area contributed by atoms with Gasteiger partial charge in [0.25, 0.3) is 0 Å². The van der Waals surface area contributed by atoms with Crippen molar-refractivity contribution in [1.82, 2.24) is 9.88 Å². The zero-order chi connectivity index (χ0) is 14.3. The molecule has 0 saturated carbocycles. The third kappa shape index (κ3) is 5.99. The van der Waals surface area contributed by atoms with E-state index in [4.69, 9.17) is 5.11 Å². The SMILES string of the molecule is CC(C)CN(CC(=O)O)C(=O)CCc1ccccn1. The summed E-state index contributed by atoms with van der Waals surface area (Å²) in [7, 11) is 0. The van der Waals surface area contributed by atoms with Crippen molar-refractivity contribution in [2.75, 3.05) is 13.1 Å². The third-order valence-corrected chi connectivity index (χ3v) is 2.59. The van der Waals surface area contributed by atoms with Crippen LogP contribution in [0.15, 0.2) is 24.4 Å². The monoisotopic (exact) mass is 264 g/mol. The number of carboxylic acid groups (broad SMARTS) is 1. The first-order valence-electron chi connectivity index (χ1n) is 6.38. The van der Waals surface area contributed by atoms with Gasteiger partial charge in [-0.1, -0.05) is 19.9 Å². The van der Waals surface area contributed by atoms with Crippen molar-refractivity contribution in [3.63, 3.8) is 0 Å². The molecular formula is C14H20N2O3. The van der Waals surface area contributed by atoms with Gasteiger partial charge in [-0.05, 0) is 24.5 Å². The molecule has 104 valence electrons. The van der Waals surface area contributed by atoms with Crippen LogP contribution >= 0.6 is 0 Å². The molecule has 1 amide bonds. The van der Waals surface area contributed by atoms with Crippen molar-refractivity contribution in [3.8, 4) is 0 Å². The maximum absolute atomic E-state index is 12.0. The third-order valence-electron chi connectivity index (χ3n) is 2.59. The molecule has 0 aromatic carbocycles. The number of aliphatic carboxylic acids is 1. The number of pyridine rings is 1. The molecule has 1 rings (SSSR count). The number of hydrogen-bond donors (Lipinski definition) is 1. The highest BCUT2D eigenvalue weighted by Crippen LogP contribution is 2.05. The Morgan fingerprint density at radius 2 is 2.11 bits per heavy atom. The zero-order valence-electron chi connectivity index (χ0n) is 11.4. The highest BCUT2D eigenvalue weighted by atomic mass is 16.4. The number of rotatable bonds is 7. The Bertz CT molecular complexity index is 418. The fraction of sp³-hybridized carbons (Fsp3) is 0.500.